The summed E-state index contributed by atoms with van der Waals surface area (Å²) in [6.45, 7) is 3.38. The fourth-order valence-corrected chi connectivity index (χ4v) is 2.36. The van der Waals surface area contributed by atoms with Gasteiger partial charge in [0.15, 0.2) is 5.65 Å². The number of aromatic nitrogens is 3. The van der Waals surface area contributed by atoms with E-state index in [4.69, 9.17) is 4.74 Å². The molecular formula is C13H18N4O2. The third kappa shape index (κ3) is 2.41. The molecule has 102 valence electrons. The van der Waals surface area contributed by atoms with Gasteiger partial charge in [0.1, 0.15) is 0 Å². The number of aryl methyl sites for hydroxylation is 1. The number of nitrogens with one attached hydrogen (secondary N) is 1. The van der Waals surface area contributed by atoms with E-state index in [1.807, 2.05) is 25.3 Å². The maximum atomic E-state index is 9.64. The lowest BCUT2D eigenvalue weighted by Gasteiger charge is -2.35. The number of rotatable bonds is 3. The van der Waals surface area contributed by atoms with Crippen LogP contribution in [-0.2, 0) is 4.74 Å². The molecular weight excluding hydrogens is 244 g/mol. The Morgan fingerprint density at radius 3 is 2.95 bits per heavy atom. The normalized spacial score (nSPS) is 18.6. The summed E-state index contributed by atoms with van der Waals surface area (Å²) in [5.41, 5.74) is 1.57. The fraction of sp³-hybridized carbons (Fsp3) is 0.538. The number of ether oxygens (including phenoxy) is 1. The zero-order chi connectivity index (χ0) is 13.3. The molecule has 3 rings (SSSR count). The average molecular weight is 262 g/mol. The Balaban J connectivity index is 1.87. The van der Waals surface area contributed by atoms with Crippen LogP contribution >= 0.6 is 0 Å². The average Bonchev–Trinajstić information content (AvgIpc) is 2.81. The molecule has 2 aromatic heterocycles. The van der Waals surface area contributed by atoms with Crippen molar-refractivity contribution in [3.63, 3.8) is 0 Å². The van der Waals surface area contributed by atoms with E-state index in [-0.39, 0.29) is 12.1 Å². The second-order valence-electron chi connectivity index (χ2n) is 5.12. The Bertz CT molecular complexity index is 575. The van der Waals surface area contributed by atoms with E-state index in [0.717, 1.165) is 24.1 Å². The van der Waals surface area contributed by atoms with Gasteiger partial charge in [0.2, 0.25) is 5.95 Å². The monoisotopic (exact) mass is 262 g/mol. The molecule has 0 bridgehead atoms. The third-order valence-corrected chi connectivity index (χ3v) is 3.61. The summed E-state index contributed by atoms with van der Waals surface area (Å²) < 4.78 is 7.09. The molecule has 1 aliphatic rings. The molecule has 1 aliphatic heterocycles. The molecule has 0 aromatic carbocycles. The molecule has 0 spiro atoms. The van der Waals surface area contributed by atoms with Crippen molar-refractivity contribution in [1.82, 2.24) is 14.6 Å². The van der Waals surface area contributed by atoms with E-state index < -0.39 is 0 Å². The Hall–Kier alpha value is -1.66. The summed E-state index contributed by atoms with van der Waals surface area (Å²) in [5.74, 6) is 0.557. The molecule has 1 fully saturated rings. The molecule has 19 heavy (non-hydrogen) atoms. The Morgan fingerprint density at radius 2 is 2.21 bits per heavy atom. The summed E-state index contributed by atoms with van der Waals surface area (Å²) in [6, 6.07) is 3.94. The molecule has 0 saturated carbocycles. The lowest BCUT2D eigenvalue weighted by Crippen LogP contribution is -2.47. The van der Waals surface area contributed by atoms with E-state index in [2.05, 4.69) is 15.4 Å². The van der Waals surface area contributed by atoms with Gasteiger partial charge in [-0.2, -0.15) is 4.98 Å². The minimum absolute atomic E-state index is 0.0605. The quantitative estimate of drug-likeness (QED) is 0.863. The van der Waals surface area contributed by atoms with Gasteiger partial charge in [-0.3, -0.25) is 0 Å². The van der Waals surface area contributed by atoms with Gasteiger partial charge in [0.05, 0.1) is 12.1 Å². The third-order valence-electron chi connectivity index (χ3n) is 3.61. The Labute approximate surface area is 111 Å². The SMILES string of the molecule is Cc1ccc2nc(NC3(CO)CCOCC3)nn2c1. The summed E-state index contributed by atoms with van der Waals surface area (Å²) in [7, 11) is 0. The highest BCUT2D eigenvalue weighted by molar-refractivity contribution is 5.45. The van der Waals surface area contributed by atoms with Gasteiger partial charge in [0, 0.05) is 19.4 Å². The highest BCUT2D eigenvalue weighted by Crippen LogP contribution is 2.24. The van der Waals surface area contributed by atoms with Gasteiger partial charge in [0.25, 0.3) is 0 Å². The van der Waals surface area contributed by atoms with Crippen LogP contribution in [0.5, 0.6) is 0 Å². The smallest absolute Gasteiger partial charge is 0.243 e. The number of aliphatic hydroxyl groups is 1. The van der Waals surface area contributed by atoms with Crippen LogP contribution in [0.3, 0.4) is 0 Å². The van der Waals surface area contributed by atoms with Crippen LogP contribution in [0.2, 0.25) is 0 Å². The van der Waals surface area contributed by atoms with Crippen LogP contribution in [0, 0.1) is 6.92 Å². The molecule has 2 aromatic rings. The molecule has 6 nitrogen and oxygen atoms in total. The lowest BCUT2D eigenvalue weighted by atomic mass is 9.91. The zero-order valence-electron chi connectivity index (χ0n) is 11.0. The standard InChI is InChI=1S/C13H18N4O2/c1-10-2-3-11-14-12(16-17(11)8-10)15-13(9-18)4-6-19-7-5-13/h2-3,8,18H,4-7,9H2,1H3,(H,15,16). The first-order chi connectivity index (χ1) is 9.21. The number of nitrogens with zero attached hydrogens (tertiary/aromatic N) is 3. The highest BCUT2D eigenvalue weighted by Gasteiger charge is 2.32. The van der Waals surface area contributed by atoms with Crippen LogP contribution in [0.15, 0.2) is 18.3 Å². The van der Waals surface area contributed by atoms with E-state index >= 15 is 0 Å². The van der Waals surface area contributed by atoms with Crippen LogP contribution < -0.4 is 5.32 Å². The van der Waals surface area contributed by atoms with Gasteiger partial charge < -0.3 is 15.2 Å². The topological polar surface area (TPSA) is 71.7 Å². The van der Waals surface area contributed by atoms with Crippen LogP contribution in [0.1, 0.15) is 18.4 Å². The summed E-state index contributed by atoms with van der Waals surface area (Å²) in [4.78, 5) is 4.43. The van der Waals surface area contributed by atoms with Gasteiger partial charge in [-0.1, -0.05) is 6.07 Å². The highest BCUT2D eigenvalue weighted by atomic mass is 16.5. The molecule has 0 unspecified atom stereocenters. The van der Waals surface area contributed by atoms with Crippen molar-refractivity contribution >= 4 is 11.6 Å². The van der Waals surface area contributed by atoms with Crippen molar-refractivity contribution in [2.45, 2.75) is 25.3 Å². The molecule has 3 heterocycles. The molecule has 0 aliphatic carbocycles. The molecule has 2 N–H and O–H groups in total. The molecule has 0 radical (unpaired) electrons. The van der Waals surface area contributed by atoms with E-state index in [1.54, 1.807) is 4.52 Å². The number of hydrogen-bond acceptors (Lipinski definition) is 5. The summed E-state index contributed by atoms with van der Waals surface area (Å²) >= 11 is 0. The minimum atomic E-state index is -0.363. The van der Waals surface area contributed by atoms with Crippen LogP contribution in [0.4, 0.5) is 5.95 Å². The van der Waals surface area contributed by atoms with Crippen LogP contribution in [0.25, 0.3) is 5.65 Å². The second-order valence-corrected chi connectivity index (χ2v) is 5.12. The maximum Gasteiger partial charge on any atom is 0.243 e. The van der Waals surface area contributed by atoms with Crippen LogP contribution in [-0.4, -0.2) is 45.1 Å². The first kappa shape index (κ1) is 12.4. The molecule has 0 amide bonds. The number of anilines is 1. The molecule has 6 heteroatoms. The largest absolute Gasteiger partial charge is 0.394 e. The Kier molecular flexibility index (Phi) is 3.12. The van der Waals surface area contributed by atoms with E-state index in [9.17, 15) is 5.11 Å². The number of pyridine rings is 1. The van der Waals surface area contributed by atoms with Crippen molar-refractivity contribution < 1.29 is 9.84 Å². The number of hydrogen-bond donors (Lipinski definition) is 2. The van der Waals surface area contributed by atoms with Crippen molar-refractivity contribution in [1.29, 1.82) is 0 Å². The first-order valence-corrected chi connectivity index (χ1v) is 6.51. The number of fused-ring (bicyclic) bond motifs is 1. The van der Waals surface area contributed by atoms with Crippen molar-refractivity contribution in [3.05, 3.63) is 23.9 Å². The zero-order valence-corrected chi connectivity index (χ0v) is 11.0. The maximum absolute atomic E-state index is 9.64. The number of aliphatic hydroxyl groups excluding tert-OH is 1. The van der Waals surface area contributed by atoms with E-state index in [1.165, 1.54) is 0 Å². The van der Waals surface area contributed by atoms with Gasteiger partial charge in [-0.05, 0) is 31.4 Å². The predicted octanol–water partition coefficient (Wildman–Crippen LogP) is 0.991. The minimum Gasteiger partial charge on any atom is -0.394 e. The van der Waals surface area contributed by atoms with Crippen molar-refractivity contribution in [3.8, 4) is 0 Å². The van der Waals surface area contributed by atoms with Gasteiger partial charge >= 0.3 is 0 Å². The second kappa shape index (κ2) is 4.79. The summed E-state index contributed by atoms with van der Waals surface area (Å²) in [6.07, 6.45) is 3.46. The molecule has 1 saturated heterocycles. The van der Waals surface area contributed by atoms with E-state index in [0.29, 0.717) is 19.2 Å². The van der Waals surface area contributed by atoms with Gasteiger partial charge in [-0.25, -0.2) is 4.52 Å². The summed E-state index contributed by atoms with van der Waals surface area (Å²) in [5, 5.41) is 17.3. The van der Waals surface area contributed by atoms with Crippen molar-refractivity contribution in [2.75, 3.05) is 25.1 Å². The van der Waals surface area contributed by atoms with Crippen molar-refractivity contribution in [2.24, 2.45) is 0 Å². The van der Waals surface area contributed by atoms with Gasteiger partial charge in [-0.15, -0.1) is 5.10 Å². The predicted molar refractivity (Wildman–Crippen MR) is 71.2 cm³/mol. The molecule has 0 atom stereocenters. The first-order valence-electron chi connectivity index (χ1n) is 6.51. The fourth-order valence-electron chi connectivity index (χ4n) is 2.36. The lowest BCUT2D eigenvalue weighted by molar-refractivity contribution is 0.0377. The Morgan fingerprint density at radius 1 is 1.42 bits per heavy atom.